The number of amides is 1. The highest BCUT2D eigenvalue weighted by Gasteiger charge is 2.05. The maximum Gasteiger partial charge on any atom is 0.254 e. The number of rotatable bonds is 1. The fourth-order valence-electron chi connectivity index (χ4n) is 1.03. The smallest absolute Gasteiger partial charge is 0.254 e. The summed E-state index contributed by atoms with van der Waals surface area (Å²) in [7, 11) is 1.86. The normalized spacial score (nSPS) is 8.83. The Bertz CT molecular complexity index is 279. The number of aryl methyl sites for hydroxylation is 2. The molecule has 0 aliphatic heterocycles. The SMILES string of the molecule is Cc1cc(C(N)=O)c[n+](C)c1.[I-]. The first-order chi connectivity index (χ1) is 5.09. The highest BCUT2D eigenvalue weighted by atomic mass is 127. The molecule has 0 radical (unpaired) electrons. The van der Waals surface area contributed by atoms with Crippen molar-refractivity contribution in [3.8, 4) is 0 Å². The molecule has 0 bridgehead atoms. The Labute approximate surface area is 88.6 Å². The van der Waals surface area contributed by atoms with E-state index >= 15 is 0 Å². The molecule has 3 nitrogen and oxygen atoms in total. The Morgan fingerprint density at radius 1 is 1.50 bits per heavy atom. The predicted octanol–water partition coefficient (Wildman–Crippen LogP) is -3.08. The van der Waals surface area contributed by atoms with E-state index in [1.807, 2.05) is 24.7 Å². The highest BCUT2D eigenvalue weighted by Crippen LogP contribution is 1.97. The molecule has 1 heterocycles. The van der Waals surface area contributed by atoms with E-state index in [-0.39, 0.29) is 29.9 Å². The van der Waals surface area contributed by atoms with E-state index in [0.29, 0.717) is 5.56 Å². The third kappa shape index (κ3) is 2.77. The average Bonchev–Trinajstić information content (AvgIpc) is 1.85. The second-order valence-electron chi connectivity index (χ2n) is 2.63. The number of hydrogen-bond acceptors (Lipinski definition) is 1. The van der Waals surface area contributed by atoms with Crippen molar-refractivity contribution >= 4 is 5.91 Å². The molecule has 66 valence electrons. The van der Waals surface area contributed by atoms with Gasteiger partial charge in [-0.3, -0.25) is 4.79 Å². The summed E-state index contributed by atoms with van der Waals surface area (Å²) in [4.78, 5) is 10.7. The van der Waals surface area contributed by atoms with Gasteiger partial charge in [-0.15, -0.1) is 0 Å². The van der Waals surface area contributed by atoms with E-state index in [1.54, 1.807) is 12.3 Å². The molecule has 0 saturated carbocycles. The fourth-order valence-corrected chi connectivity index (χ4v) is 1.03. The minimum atomic E-state index is -0.385. The predicted molar refractivity (Wildman–Crippen MR) is 40.9 cm³/mol. The van der Waals surface area contributed by atoms with Gasteiger partial charge in [-0.25, -0.2) is 4.57 Å². The number of carbonyl (C=O) groups is 1. The molecule has 2 N–H and O–H groups in total. The van der Waals surface area contributed by atoms with Crippen LogP contribution in [0.1, 0.15) is 15.9 Å². The number of hydrogen-bond donors (Lipinski definition) is 1. The minimum absolute atomic E-state index is 0. The average molecular weight is 278 g/mol. The van der Waals surface area contributed by atoms with Gasteiger partial charge in [-0.1, -0.05) is 0 Å². The molecule has 1 amide bonds. The van der Waals surface area contributed by atoms with Crippen LogP contribution in [0.3, 0.4) is 0 Å². The van der Waals surface area contributed by atoms with E-state index in [2.05, 4.69) is 0 Å². The van der Waals surface area contributed by atoms with Gasteiger partial charge < -0.3 is 29.7 Å². The van der Waals surface area contributed by atoms with E-state index in [1.165, 1.54) is 0 Å². The zero-order valence-electron chi connectivity index (χ0n) is 7.04. The molecule has 1 aromatic rings. The van der Waals surface area contributed by atoms with E-state index in [9.17, 15) is 4.79 Å². The summed E-state index contributed by atoms with van der Waals surface area (Å²) in [6.45, 7) is 1.92. The molecule has 0 saturated heterocycles. The molecule has 0 fully saturated rings. The van der Waals surface area contributed by atoms with Crippen LogP contribution in [0.4, 0.5) is 0 Å². The standard InChI is InChI=1S/C8H10N2O.HI/c1-6-3-7(8(9)11)5-10(2)4-6;/h3-5H,1-2H3,(H-,9,11);1H. The molecule has 0 spiro atoms. The lowest BCUT2D eigenvalue weighted by molar-refractivity contribution is -0.671. The van der Waals surface area contributed by atoms with Gasteiger partial charge in [0.15, 0.2) is 12.4 Å². The van der Waals surface area contributed by atoms with Gasteiger partial charge >= 0.3 is 0 Å². The fraction of sp³-hybridized carbons (Fsp3) is 0.250. The first kappa shape index (κ1) is 11.4. The van der Waals surface area contributed by atoms with E-state index < -0.39 is 0 Å². The molecule has 0 aliphatic rings. The molecule has 12 heavy (non-hydrogen) atoms. The molecular formula is C8H11IN2O. The zero-order chi connectivity index (χ0) is 8.43. The van der Waals surface area contributed by atoms with Crippen LogP contribution in [-0.4, -0.2) is 5.91 Å². The number of primary amides is 1. The number of pyridine rings is 1. The summed E-state index contributed by atoms with van der Waals surface area (Å²) in [5.74, 6) is -0.385. The molecule has 0 atom stereocenters. The lowest BCUT2D eigenvalue weighted by atomic mass is 10.2. The van der Waals surface area contributed by atoms with Crippen LogP contribution < -0.4 is 34.3 Å². The van der Waals surface area contributed by atoms with Gasteiger partial charge in [0, 0.05) is 5.56 Å². The van der Waals surface area contributed by atoms with Crippen molar-refractivity contribution in [2.75, 3.05) is 0 Å². The number of halogens is 1. The minimum Gasteiger partial charge on any atom is -1.00 e. The molecule has 0 aliphatic carbocycles. The number of carbonyl (C=O) groups excluding carboxylic acids is 1. The molecule has 0 unspecified atom stereocenters. The molecule has 1 rings (SSSR count). The van der Waals surface area contributed by atoms with Gasteiger partial charge in [0.05, 0.1) is 0 Å². The second kappa shape index (κ2) is 4.39. The Morgan fingerprint density at radius 3 is 2.50 bits per heavy atom. The summed E-state index contributed by atoms with van der Waals surface area (Å²) >= 11 is 0. The van der Waals surface area contributed by atoms with Crippen LogP contribution in [0.2, 0.25) is 0 Å². The van der Waals surface area contributed by atoms with Crippen LogP contribution in [-0.2, 0) is 7.05 Å². The van der Waals surface area contributed by atoms with Crippen LogP contribution in [0.25, 0.3) is 0 Å². The van der Waals surface area contributed by atoms with Crippen molar-refractivity contribution in [3.05, 3.63) is 29.6 Å². The van der Waals surface area contributed by atoms with Crippen LogP contribution in [0, 0.1) is 6.92 Å². The Hall–Kier alpha value is -0.650. The number of nitrogens with zero attached hydrogens (tertiary/aromatic N) is 1. The second-order valence-corrected chi connectivity index (χ2v) is 2.63. The number of nitrogens with two attached hydrogens (primary N) is 1. The Kier molecular flexibility index (Phi) is 4.16. The lowest BCUT2D eigenvalue weighted by Gasteiger charge is -1.94. The highest BCUT2D eigenvalue weighted by molar-refractivity contribution is 5.92. The van der Waals surface area contributed by atoms with Gasteiger partial charge in [0.25, 0.3) is 5.91 Å². The number of aromatic nitrogens is 1. The monoisotopic (exact) mass is 278 g/mol. The Morgan fingerprint density at radius 2 is 2.08 bits per heavy atom. The Balaban J connectivity index is 0.00000121. The topological polar surface area (TPSA) is 47.0 Å². The van der Waals surface area contributed by atoms with Crippen molar-refractivity contribution < 1.29 is 33.3 Å². The molecule has 1 aromatic heterocycles. The van der Waals surface area contributed by atoms with Gasteiger partial charge in [-0.05, 0) is 13.0 Å². The van der Waals surface area contributed by atoms with E-state index in [0.717, 1.165) is 5.56 Å². The van der Waals surface area contributed by atoms with Crippen molar-refractivity contribution in [1.82, 2.24) is 0 Å². The third-order valence-corrected chi connectivity index (χ3v) is 1.42. The summed E-state index contributed by atoms with van der Waals surface area (Å²) in [5.41, 5.74) is 6.68. The molecule has 0 aromatic carbocycles. The van der Waals surface area contributed by atoms with Gasteiger partial charge in [-0.2, -0.15) is 0 Å². The maximum atomic E-state index is 10.7. The summed E-state index contributed by atoms with van der Waals surface area (Å²) in [6, 6.07) is 1.77. The largest absolute Gasteiger partial charge is 1.00 e. The summed E-state index contributed by atoms with van der Waals surface area (Å²) < 4.78 is 1.81. The van der Waals surface area contributed by atoms with Crippen LogP contribution in [0.15, 0.2) is 18.5 Å². The quantitative estimate of drug-likeness (QED) is 0.430. The van der Waals surface area contributed by atoms with E-state index in [4.69, 9.17) is 5.73 Å². The van der Waals surface area contributed by atoms with Crippen molar-refractivity contribution in [2.24, 2.45) is 12.8 Å². The summed E-state index contributed by atoms with van der Waals surface area (Å²) in [5, 5.41) is 0. The van der Waals surface area contributed by atoms with Gasteiger partial charge in [0.1, 0.15) is 12.6 Å². The van der Waals surface area contributed by atoms with Crippen LogP contribution >= 0.6 is 0 Å². The zero-order valence-corrected chi connectivity index (χ0v) is 9.20. The first-order valence-corrected chi connectivity index (χ1v) is 3.36. The van der Waals surface area contributed by atoms with Gasteiger partial charge in [0.2, 0.25) is 0 Å². The lowest BCUT2D eigenvalue weighted by Crippen LogP contribution is -3.00. The van der Waals surface area contributed by atoms with Crippen molar-refractivity contribution in [2.45, 2.75) is 6.92 Å². The third-order valence-electron chi connectivity index (χ3n) is 1.42. The van der Waals surface area contributed by atoms with Crippen LogP contribution in [0.5, 0.6) is 0 Å². The molecular weight excluding hydrogens is 267 g/mol. The molecule has 4 heteroatoms. The summed E-state index contributed by atoms with van der Waals surface area (Å²) in [6.07, 6.45) is 3.63. The first-order valence-electron chi connectivity index (χ1n) is 3.36. The van der Waals surface area contributed by atoms with Crippen molar-refractivity contribution in [1.29, 1.82) is 0 Å². The van der Waals surface area contributed by atoms with Crippen molar-refractivity contribution in [3.63, 3.8) is 0 Å². The maximum absolute atomic E-state index is 10.7.